The zero-order valence-corrected chi connectivity index (χ0v) is 12.7. The van der Waals surface area contributed by atoms with Crippen molar-refractivity contribution in [2.75, 3.05) is 12.3 Å². The maximum atomic E-state index is 13.1. The van der Waals surface area contributed by atoms with Gasteiger partial charge < -0.3 is 15.8 Å². The Labute approximate surface area is 130 Å². The Morgan fingerprint density at radius 3 is 2.86 bits per heavy atom. The van der Waals surface area contributed by atoms with Gasteiger partial charge in [0.25, 0.3) is 5.91 Å². The zero-order valence-electron chi connectivity index (χ0n) is 11.1. The van der Waals surface area contributed by atoms with Crippen LogP contribution in [0.1, 0.15) is 5.56 Å². The van der Waals surface area contributed by atoms with Crippen molar-refractivity contribution >= 4 is 27.5 Å². The van der Waals surface area contributed by atoms with Crippen molar-refractivity contribution in [2.24, 2.45) is 0 Å². The molecule has 2 aromatic rings. The van der Waals surface area contributed by atoms with Crippen molar-refractivity contribution in [3.8, 4) is 5.75 Å². The number of carbonyl (C=O) groups is 1. The lowest BCUT2D eigenvalue weighted by Gasteiger charge is -2.09. The number of carbonyl (C=O) groups excluding carboxylic acids is 1. The molecule has 0 aliphatic heterocycles. The van der Waals surface area contributed by atoms with E-state index < -0.39 is 0 Å². The van der Waals surface area contributed by atoms with Crippen LogP contribution in [-0.4, -0.2) is 12.5 Å². The summed E-state index contributed by atoms with van der Waals surface area (Å²) in [5.74, 6) is -0.121. The van der Waals surface area contributed by atoms with Crippen LogP contribution in [0.25, 0.3) is 0 Å². The van der Waals surface area contributed by atoms with Crippen molar-refractivity contribution in [3.63, 3.8) is 0 Å². The number of amides is 1. The monoisotopic (exact) mass is 352 g/mol. The summed E-state index contributed by atoms with van der Waals surface area (Å²) in [6, 6.07) is 11.1. The van der Waals surface area contributed by atoms with Crippen LogP contribution in [0.2, 0.25) is 0 Å². The SMILES string of the molecule is Nc1cccc(OCC(=O)NCc2cc(F)ccc2Br)c1. The first kappa shape index (κ1) is 15.3. The van der Waals surface area contributed by atoms with Gasteiger partial charge in [0.2, 0.25) is 0 Å². The summed E-state index contributed by atoms with van der Waals surface area (Å²) in [5.41, 5.74) is 6.84. The van der Waals surface area contributed by atoms with Gasteiger partial charge in [-0.25, -0.2) is 4.39 Å². The topological polar surface area (TPSA) is 64.3 Å². The number of halogens is 2. The summed E-state index contributed by atoms with van der Waals surface area (Å²) in [5, 5.41) is 2.66. The molecule has 0 bridgehead atoms. The average molecular weight is 353 g/mol. The number of nitrogens with two attached hydrogens (primary N) is 1. The molecular formula is C15H14BrFN2O2. The van der Waals surface area contributed by atoms with Gasteiger partial charge >= 0.3 is 0 Å². The molecule has 0 heterocycles. The third-order valence-corrected chi connectivity index (χ3v) is 3.49. The van der Waals surface area contributed by atoms with E-state index in [2.05, 4.69) is 21.2 Å². The second-order valence-electron chi connectivity index (χ2n) is 4.37. The van der Waals surface area contributed by atoms with Gasteiger partial charge in [0.05, 0.1) is 0 Å². The second kappa shape index (κ2) is 7.08. The predicted molar refractivity (Wildman–Crippen MR) is 82.3 cm³/mol. The molecule has 0 unspecified atom stereocenters. The van der Waals surface area contributed by atoms with E-state index in [4.69, 9.17) is 10.5 Å². The molecule has 4 nitrogen and oxygen atoms in total. The molecule has 0 spiro atoms. The molecule has 110 valence electrons. The Morgan fingerprint density at radius 1 is 1.29 bits per heavy atom. The number of hydrogen-bond acceptors (Lipinski definition) is 3. The third kappa shape index (κ3) is 4.75. The highest BCUT2D eigenvalue weighted by Crippen LogP contribution is 2.17. The molecule has 0 saturated heterocycles. The van der Waals surface area contributed by atoms with Crippen LogP contribution < -0.4 is 15.8 Å². The maximum Gasteiger partial charge on any atom is 0.258 e. The van der Waals surface area contributed by atoms with E-state index in [9.17, 15) is 9.18 Å². The fourth-order valence-corrected chi connectivity index (χ4v) is 2.06. The molecule has 0 aromatic heterocycles. The van der Waals surface area contributed by atoms with Crippen LogP contribution in [-0.2, 0) is 11.3 Å². The fraction of sp³-hybridized carbons (Fsp3) is 0.133. The van der Waals surface area contributed by atoms with Crippen molar-refractivity contribution in [2.45, 2.75) is 6.54 Å². The number of nitrogen functional groups attached to an aromatic ring is 1. The van der Waals surface area contributed by atoms with Gasteiger partial charge in [0.15, 0.2) is 6.61 Å². The van der Waals surface area contributed by atoms with Crippen LogP contribution >= 0.6 is 15.9 Å². The Hall–Kier alpha value is -2.08. The Bertz CT molecular complexity index is 649. The number of hydrogen-bond donors (Lipinski definition) is 2. The standard InChI is InChI=1S/C15H14BrFN2O2/c16-14-5-4-11(17)6-10(14)8-19-15(20)9-21-13-3-1-2-12(18)7-13/h1-7H,8-9,18H2,(H,19,20). The number of benzene rings is 2. The molecule has 0 atom stereocenters. The van der Waals surface area contributed by atoms with E-state index in [1.165, 1.54) is 12.1 Å². The molecular weight excluding hydrogens is 339 g/mol. The van der Waals surface area contributed by atoms with Crippen molar-refractivity contribution in [1.29, 1.82) is 0 Å². The van der Waals surface area contributed by atoms with E-state index in [0.717, 1.165) is 4.47 Å². The first-order chi connectivity index (χ1) is 10.0. The smallest absolute Gasteiger partial charge is 0.258 e. The van der Waals surface area contributed by atoms with Gasteiger partial charge in [-0.15, -0.1) is 0 Å². The van der Waals surface area contributed by atoms with Crippen LogP contribution in [0.3, 0.4) is 0 Å². The first-order valence-corrected chi connectivity index (χ1v) is 7.03. The quantitative estimate of drug-likeness (QED) is 0.813. The van der Waals surface area contributed by atoms with E-state index in [1.807, 2.05) is 0 Å². The Morgan fingerprint density at radius 2 is 2.10 bits per heavy atom. The van der Waals surface area contributed by atoms with E-state index in [0.29, 0.717) is 17.0 Å². The minimum atomic E-state index is -0.349. The number of rotatable bonds is 5. The van der Waals surface area contributed by atoms with Crippen LogP contribution in [0.15, 0.2) is 46.9 Å². The summed E-state index contributed by atoms with van der Waals surface area (Å²) in [6.07, 6.45) is 0. The molecule has 6 heteroatoms. The number of nitrogens with one attached hydrogen (secondary N) is 1. The number of anilines is 1. The van der Waals surface area contributed by atoms with Gasteiger partial charge in [0.1, 0.15) is 11.6 Å². The van der Waals surface area contributed by atoms with Crippen LogP contribution in [0.4, 0.5) is 10.1 Å². The fourth-order valence-electron chi connectivity index (χ4n) is 1.68. The molecule has 21 heavy (non-hydrogen) atoms. The van der Waals surface area contributed by atoms with Crippen molar-refractivity contribution in [3.05, 3.63) is 58.3 Å². The van der Waals surface area contributed by atoms with Crippen molar-refractivity contribution in [1.82, 2.24) is 5.32 Å². The summed E-state index contributed by atoms with van der Waals surface area (Å²) < 4.78 is 19.2. The summed E-state index contributed by atoms with van der Waals surface area (Å²) in [7, 11) is 0. The first-order valence-electron chi connectivity index (χ1n) is 6.23. The highest BCUT2D eigenvalue weighted by molar-refractivity contribution is 9.10. The number of ether oxygens (including phenoxy) is 1. The Balaban J connectivity index is 1.83. The molecule has 0 saturated carbocycles. The average Bonchev–Trinajstić information content (AvgIpc) is 2.46. The maximum absolute atomic E-state index is 13.1. The van der Waals surface area contributed by atoms with Gasteiger partial charge in [-0.05, 0) is 35.9 Å². The second-order valence-corrected chi connectivity index (χ2v) is 5.23. The van der Waals surface area contributed by atoms with Gasteiger partial charge in [-0.3, -0.25) is 4.79 Å². The zero-order chi connectivity index (χ0) is 15.2. The molecule has 1 amide bonds. The largest absolute Gasteiger partial charge is 0.484 e. The predicted octanol–water partition coefficient (Wildman–Crippen LogP) is 2.87. The van der Waals surface area contributed by atoms with E-state index in [-0.39, 0.29) is 24.9 Å². The lowest BCUT2D eigenvalue weighted by Crippen LogP contribution is -2.28. The van der Waals surface area contributed by atoms with E-state index in [1.54, 1.807) is 30.3 Å². The molecule has 2 aromatic carbocycles. The summed E-state index contributed by atoms with van der Waals surface area (Å²) in [4.78, 5) is 11.7. The molecule has 2 rings (SSSR count). The highest BCUT2D eigenvalue weighted by atomic mass is 79.9. The molecule has 0 aliphatic rings. The molecule has 0 fully saturated rings. The summed E-state index contributed by atoms with van der Waals surface area (Å²) >= 11 is 3.30. The normalized spacial score (nSPS) is 10.2. The van der Waals surface area contributed by atoms with Crippen LogP contribution in [0.5, 0.6) is 5.75 Å². The highest BCUT2D eigenvalue weighted by Gasteiger charge is 2.06. The minimum absolute atomic E-state index is 0.129. The lowest BCUT2D eigenvalue weighted by atomic mass is 10.2. The van der Waals surface area contributed by atoms with Gasteiger partial charge in [-0.1, -0.05) is 22.0 Å². The van der Waals surface area contributed by atoms with Crippen molar-refractivity contribution < 1.29 is 13.9 Å². The lowest BCUT2D eigenvalue weighted by molar-refractivity contribution is -0.123. The molecule has 0 radical (unpaired) electrons. The minimum Gasteiger partial charge on any atom is -0.484 e. The van der Waals surface area contributed by atoms with Gasteiger partial charge in [0, 0.05) is 22.8 Å². The van der Waals surface area contributed by atoms with E-state index >= 15 is 0 Å². The molecule has 0 aliphatic carbocycles. The van der Waals surface area contributed by atoms with Gasteiger partial charge in [-0.2, -0.15) is 0 Å². The molecule has 3 N–H and O–H groups in total. The van der Waals surface area contributed by atoms with Crippen LogP contribution in [0, 0.1) is 5.82 Å². The summed E-state index contributed by atoms with van der Waals surface area (Å²) in [6.45, 7) is 0.0911. The third-order valence-electron chi connectivity index (χ3n) is 2.71. The Kier molecular flexibility index (Phi) is 5.16.